The zero-order valence-electron chi connectivity index (χ0n) is 20.4. The molecule has 0 aliphatic heterocycles. The van der Waals surface area contributed by atoms with Gasteiger partial charge in [-0.1, -0.05) is 6.07 Å². The van der Waals surface area contributed by atoms with Gasteiger partial charge in [-0.05, 0) is 12.1 Å². The molecule has 0 aliphatic carbocycles. The predicted octanol–water partition coefficient (Wildman–Crippen LogP) is 10.1. The van der Waals surface area contributed by atoms with E-state index in [0.29, 0.717) is 0 Å². The number of halogens is 26. The van der Waals surface area contributed by atoms with Crippen LogP contribution in [0.4, 0.5) is 114 Å². The zero-order chi connectivity index (χ0) is 37.4. The van der Waals surface area contributed by atoms with Crippen molar-refractivity contribution in [1.82, 2.24) is 4.98 Å². The molecular formula is C19H7F26N. The lowest BCUT2D eigenvalue weighted by Gasteiger charge is -2.45. The van der Waals surface area contributed by atoms with Crippen molar-refractivity contribution in [1.29, 1.82) is 0 Å². The van der Waals surface area contributed by atoms with Crippen LogP contribution in [-0.2, 0) is 12.8 Å². The Labute approximate surface area is 234 Å². The van der Waals surface area contributed by atoms with E-state index < -0.39 is 114 Å². The number of pyridine rings is 1. The number of nitrogens with zero attached hydrogens (tertiary/aromatic N) is 1. The van der Waals surface area contributed by atoms with Gasteiger partial charge in [0.1, 0.15) is 0 Å². The van der Waals surface area contributed by atoms with Gasteiger partial charge in [-0.25, -0.2) is 0 Å². The third kappa shape index (κ3) is 5.84. The second-order valence-electron chi connectivity index (χ2n) is 9.07. The Hall–Kier alpha value is -2.67. The van der Waals surface area contributed by atoms with Crippen LogP contribution in [0.25, 0.3) is 0 Å². The maximum Gasteiger partial charge on any atom is 0.459 e. The van der Waals surface area contributed by atoms with E-state index in [1.165, 1.54) is 0 Å². The molecule has 27 heteroatoms. The molecule has 270 valence electrons. The zero-order valence-corrected chi connectivity index (χ0v) is 20.4. The first-order chi connectivity index (χ1) is 19.7. The molecule has 1 heterocycles. The number of hydrogen-bond donors (Lipinski definition) is 0. The van der Waals surface area contributed by atoms with Crippen molar-refractivity contribution in [3.63, 3.8) is 0 Å². The number of rotatable bonds is 8. The van der Waals surface area contributed by atoms with Crippen LogP contribution in [0.1, 0.15) is 11.4 Å². The fourth-order valence-corrected chi connectivity index (χ4v) is 3.82. The van der Waals surface area contributed by atoms with E-state index in [1.54, 1.807) is 0 Å². The molecule has 0 aliphatic rings. The van der Waals surface area contributed by atoms with Gasteiger partial charge in [0.25, 0.3) is 0 Å². The van der Waals surface area contributed by atoms with Gasteiger partial charge in [0, 0.05) is 24.2 Å². The molecule has 0 atom stereocenters. The molecule has 0 radical (unpaired) electrons. The molecule has 1 nitrogen and oxygen atoms in total. The summed E-state index contributed by atoms with van der Waals surface area (Å²) in [4.78, 5) is 1.99. The summed E-state index contributed by atoms with van der Waals surface area (Å²) < 4.78 is 349. The summed E-state index contributed by atoms with van der Waals surface area (Å²) in [6, 6.07) is -1.68. The van der Waals surface area contributed by atoms with Crippen LogP contribution in [0.15, 0.2) is 18.2 Å². The maximum atomic E-state index is 14.3. The Morgan fingerprint density at radius 3 is 0.717 bits per heavy atom. The van der Waals surface area contributed by atoms with Gasteiger partial charge in [0.05, 0.1) is 0 Å². The van der Waals surface area contributed by atoms with Gasteiger partial charge in [0.2, 0.25) is 10.8 Å². The fraction of sp³-hybridized carbons (Fsp3) is 0.737. The highest BCUT2D eigenvalue weighted by Crippen LogP contribution is 2.68. The topological polar surface area (TPSA) is 12.9 Å². The standard InChI is InChI=1S/C19H7F26N/c20-10(21,12(24,25)18(40,41)42)8(14(28,29)30,15(31,32)33)4-6-2-1-3-7(46-6)5-9(16(34,35)36,17(37,38)39)11(22,23)13(26,27)19(43,44)45/h1-3H,4-5H2. The molecule has 0 N–H and O–H groups in total. The van der Waals surface area contributed by atoms with Crippen molar-refractivity contribution >= 4 is 0 Å². The number of alkyl halides is 26. The van der Waals surface area contributed by atoms with Crippen molar-refractivity contribution in [3.8, 4) is 0 Å². The van der Waals surface area contributed by atoms with Gasteiger partial charge < -0.3 is 0 Å². The highest BCUT2D eigenvalue weighted by Gasteiger charge is 2.93. The van der Waals surface area contributed by atoms with E-state index in [1.807, 2.05) is 4.98 Å². The Morgan fingerprint density at radius 2 is 0.543 bits per heavy atom. The summed E-state index contributed by atoms with van der Waals surface area (Å²) in [7, 11) is 0. The minimum Gasteiger partial charge on any atom is -0.258 e. The van der Waals surface area contributed by atoms with E-state index in [4.69, 9.17) is 0 Å². The largest absolute Gasteiger partial charge is 0.459 e. The Balaban J connectivity index is 4.22. The van der Waals surface area contributed by atoms with Crippen molar-refractivity contribution in [2.75, 3.05) is 0 Å². The lowest BCUT2D eigenvalue weighted by molar-refractivity contribution is -0.460. The molecule has 1 rings (SSSR count). The molecule has 0 saturated heterocycles. The maximum absolute atomic E-state index is 14.3. The molecule has 0 amide bonds. The van der Waals surface area contributed by atoms with Crippen LogP contribution >= 0.6 is 0 Å². The third-order valence-corrected chi connectivity index (χ3v) is 6.27. The third-order valence-electron chi connectivity index (χ3n) is 6.27. The summed E-state index contributed by atoms with van der Waals surface area (Å²) in [5.41, 5.74) is -21.0. The number of hydrogen-bond acceptors (Lipinski definition) is 1. The molecule has 0 fully saturated rings. The van der Waals surface area contributed by atoms with Crippen molar-refractivity contribution in [3.05, 3.63) is 29.6 Å². The molecule has 1 aromatic rings. The van der Waals surface area contributed by atoms with E-state index in [2.05, 4.69) is 0 Å². The van der Waals surface area contributed by atoms with E-state index in [9.17, 15) is 114 Å². The Bertz CT molecular complexity index is 1100. The summed E-state index contributed by atoms with van der Waals surface area (Å²) in [6.45, 7) is 0. The second kappa shape index (κ2) is 10.9. The second-order valence-corrected chi connectivity index (χ2v) is 9.07. The highest BCUT2D eigenvalue weighted by molar-refractivity contribution is 5.23. The van der Waals surface area contributed by atoms with Crippen LogP contribution < -0.4 is 0 Å². The summed E-state index contributed by atoms with van der Waals surface area (Å²) >= 11 is 0. The number of aromatic nitrogens is 1. The Kier molecular flexibility index (Phi) is 9.83. The molecule has 1 aromatic heterocycles. The van der Waals surface area contributed by atoms with E-state index >= 15 is 0 Å². The smallest absolute Gasteiger partial charge is 0.258 e. The highest BCUT2D eigenvalue weighted by atomic mass is 19.5. The molecule has 0 spiro atoms. The minimum atomic E-state index is -8.42. The first-order valence-electron chi connectivity index (χ1n) is 10.5. The van der Waals surface area contributed by atoms with Crippen LogP contribution in [0, 0.1) is 10.8 Å². The van der Waals surface area contributed by atoms with Crippen molar-refractivity contribution in [2.45, 2.75) is 73.6 Å². The lowest BCUT2D eigenvalue weighted by atomic mass is 9.71. The molecule has 0 saturated carbocycles. The van der Waals surface area contributed by atoms with Gasteiger partial charge in [-0.2, -0.15) is 114 Å². The SMILES string of the molecule is FC(F)(F)C(F)(F)C(F)(F)C(Cc1cccc(CC(C(F)(F)F)(C(F)(F)F)C(F)(F)C(F)(F)C(F)(F)F)n1)(C(F)(F)F)C(F)(F)F. The van der Waals surface area contributed by atoms with E-state index in [0.717, 1.165) is 0 Å². The lowest BCUT2D eigenvalue weighted by Crippen LogP contribution is -2.71. The van der Waals surface area contributed by atoms with Crippen LogP contribution in [-0.4, -0.2) is 65.7 Å². The minimum absolute atomic E-state index is 0.466. The summed E-state index contributed by atoms with van der Waals surface area (Å²) in [5.74, 6) is -33.4. The van der Waals surface area contributed by atoms with Crippen molar-refractivity contribution in [2.24, 2.45) is 10.8 Å². The quantitative estimate of drug-likeness (QED) is 0.242. The average molecular weight is 743 g/mol. The molecule has 46 heavy (non-hydrogen) atoms. The van der Waals surface area contributed by atoms with E-state index in [-0.39, 0.29) is 0 Å². The normalized spacial score (nSPS) is 16.2. The Morgan fingerprint density at radius 1 is 0.326 bits per heavy atom. The van der Waals surface area contributed by atoms with Gasteiger partial charge in [-0.3, -0.25) is 4.98 Å². The molecule has 0 unspecified atom stereocenters. The fourth-order valence-electron chi connectivity index (χ4n) is 3.82. The van der Waals surface area contributed by atoms with Gasteiger partial charge >= 0.3 is 60.7 Å². The van der Waals surface area contributed by atoms with Gasteiger partial charge in [-0.15, -0.1) is 0 Å². The average Bonchev–Trinajstić information content (AvgIpc) is 2.75. The predicted molar refractivity (Wildman–Crippen MR) is 92.6 cm³/mol. The van der Waals surface area contributed by atoms with Crippen LogP contribution in [0.2, 0.25) is 0 Å². The first-order valence-corrected chi connectivity index (χ1v) is 10.5. The summed E-state index contributed by atoms with van der Waals surface area (Å²) in [5, 5.41) is 0. The monoisotopic (exact) mass is 743 g/mol. The molecule has 0 bridgehead atoms. The molecule has 0 aromatic carbocycles. The van der Waals surface area contributed by atoms with Crippen LogP contribution in [0.5, 0.6) is 0 Å². The van der Waals surface area contributed by atoms with Crippen molar-refractivity contribution < 1.29 is 114 Å². The van der Waals surface area contributed by atoms with Crippen LogP contribution in [0.3, 0.4) is 0 Å². The first kappa shape index (κ1) is 41.4. The summed E-state index contributed by atoms with van der Waals surface area (Å²) in [6.07, 6.45) is -56.2. The molecular weight excluding hydrogens is 736 g/mol. The van der Waals surface area contributed by atoms with Gasteiger partial charge in [0.15, 0.2) is 0 Å².